The third-order valence-electron chi connectivity index (χ3n) is 4.30. The third-order valence-corrected chi connectivity index (χ3v) is 7.00. The van der Waals surface area contributed by atoms with Crippen LogP contribution in [-0.4, -0.2) is 20.3 Å². The number of carbonyl (C=O) groups is 1. The van der Waals surface area contributed by atoms with Crippen molar-refractivity contribution in [1.82, 2.24) is 4.98 Å². The van der Waals surface area contributed by atoms with E-state index in [0.29, 0.717) is 26.7 Å². The molecular weight excluding hydrogens is 427 g/mol. The maximum absolute atomic E-state index is 14.0. The van der Waals surface area contributed by atoms with Crippen LogP contribution in [0.4, 0.5) is 14.9 Å². The van der Waals surface area contributed by atoms with E-state index in [4.69, 9.17) is 5.14 Å². The average molecular weight is 457 g/mol. The first-order valence-corrected chi connectivity index (χ1v) is 12.1. The van der Waals surface area contributed by atoms with Gasteiger partial charge >= 0.3 is 6.03 Å². The van der Waals surface area contributed by atoms with Crippen LogP contribution in [0.3, 0.4) is 0 Å². The molecule has 0 aliphatic rings. The first kappa shape index (κ1) is 24.4. The van der Waals surface area contributed by atoms with Gasteiger partial charge in [0.05, 0.1) is 5.75 Å². The van der Waals surface area contributed by atoms with Crippen LogP contribution < -0.4 is 10.5 Å². The van der Waals surface area contributed by atoms with Crippen molar-refractivity contribution < 1.29 is 18.5 Å². The maximum atomic E-state index is 14.0. The summed E-state index contributed by atoms with van der Waals surface area (Å²) in [6, 6.07) is 1.90. The van der Waals surface area contributed by atoms with Crippen LogP contribution in [0, 0.1) is 5.82 Å². The zero-order valence-corrected chi connectivity index (χ0v) is 19.7. The topological polar surface area (TPSA) is 118 Å². The van der Waals surface area contributed by atoms with E-state index in [0.717, 1.165) is 11.3 Å². The van der Waals surface area contributed by atoms with Crippen molar-refractivity contribution >= 4 is 33.0 Å². The summed E-state index contributed by atoms with van der Waals surface area (Å²) < 4.78 is 30.4. The highest BCUT2D eigenvalue weighted by molar-refractivity contribution is 7.91. The van der Waals surface area contributed by atoms with E-state index >= 15 is 0 Å². The molecule has 2 rings (SSSR count). The van der Waals surface area contributed by atoms with Crippen LogP contribution in [0.15, 0.2) is 22.7 Å². The summed E-state index contributed by atoms with van der Waals surface area (Å²) in [6.07, 6.45) is 1.46. The predicted octanol–water partition coefficient (Wildman–Crippen LogP) is 4.83. The number of nitrogens with one attached hydrogen (secondary N) is 1. The summed E-state index contributed by atoms with van der Waals surface area (Å²) in [6.45, 7) is 10.7. The molecule has 1 unspecified atom stereocenters. The normalized spacial score (nSPS) is 14.1. The Morgan fingerprint density at radius 2 is 1.83 bits per heavy atom. The highest BCUT2D eigenvalue weighted by atomic mass is 32.2. The van der Waals surface area contributed by atoms with Gasteiger partial charge in [-0.05, 0) is 48.9 Å². The Hall–Kier alpha value is -1.88. The van der Waals surface area contributed by atoms with E-state index in [1.807, 2.05) is 27.7 Å². The minimum Gasteiger partial charge on any atom is -0.383 e. The molecule has 30 heavy (non-hydrogen) atoms. The minimum absolute atomic E-state index is 0.0480. The number of aliphatic hydroxyl groups is 1. The lowest BCUT2D eigenvalue weighted by Crippen LogP contribution is -2.20. The lowest BCUT2D eigenvalue weighted by atomic mass is 9.92. The first-order chi connectivity index (χ1) is 13.7. The Kier molecular flexibility index (Phi) is 7.39. The van der Waals surface area contributed by atoms with Crippen LogP contribution in [0.25, 0.3) is 0 Å². The number of amides is 2. The standard InChI is InChI=1S/C20H29FN4O3S2/c1-11(2)15-7-13(21)8-16(12(3)4)17(15)24-19(26)25-30(22,28)10-14-9-23-18(29-14)20(5,6)27/h7-9,11-12,27H,10H2,1-6H3,(H3,22,24,25,26,28). The van der Waals surface area contributed by atoms with Gasteiger partial charge in [0.1, 0.15) is 26.3 Å². The number of benzene rings is 1. The molecule has 0 saturated heterocycles. The van der Waals surface area contributed by atoms with Gasteiger partial charge < -0.3 is 10.4 Å². The number of carbonyl (C=O) groups excluding carboxylic acids is 1. The van der Waals surface area contributed by atoms with E-state index in [1.165, 1.54) is 18.3 Å². The van der Waals surface area contributed by atoms with Gasteiger partial charge in [0.15, 0.2) is 0 Å². The van der Waals surface area contributed by atoms with Crippen molar-refractivity contribution in [3.05, 3.63) is 45.2 Å². The van der Waals surface area contributed by atoms with Gasteiger partial charge in [-0.1, -0.05) is 27.7 Å². The number of hydrogen-bond acceptors (Lipinski definition) is 5. The molecule has 1 atom stereocenters. The number of anilines is 1. The van der Waals surface area contributed by atoms with Gasteiger partial charge in [0.25, 0.3) is 0 Å². The monoisotopic (exact) mass is 456 g/mol. The van der Waals surface area contributed by atoms with Gasteiger partial charge in [0, 0.05) is 16.8 Å². The number of thiazole rings is 1. The SMILES string of the molecule is CC(C)c1cc(F)cc(C(C)C)c1NC(=O)N=S(N)(=O)Cc1cnc(C(C)(C)O)s1. The van der Waals surface area contributed by atoms with Gasteiger partial charge in [-0.15, -0.1) is 15.7 Å². The number of rotatable bonds is 6. The van der Waals surface area contributed by atoms with Gasteiger partial charge in [-0.3, -0.25) is 0 Å². The van der Waals surface area contributed by atoms with Crippen LogP contribution in [0.5, 0.6) is 0 Å². The lowest BCUT2D eigenvalue weighted by Gasteiger charge is -2.19. The molecule has 1 aromatic carbocycles. The number of halogens is 1. The van der Waals surface area contributed by atoms with Crippen molar-refractivity contribution in [2.24, 2.45) is 9.50 Å². The number of aromatic nitrogens is 1. The molecule has 0 bridgehead atoms. The quantitative estimate of drug-likeness (QED) is 0.577. The van der Waals surface area contributed by atoms with Crippen molar-refractivity contribution in [2.45, 2.75) is 64.7 Å². The smallest absolute Gasteiger partial charge is 0.354 e. The van der Waals surface area contributed by atoms with E-state index in [-0.39, 0.29) is 23.4 Å². The van der Waals surface area contributed by atoms with Gasteiger partial charge in [-0.2, -0.15) is 0 Å². The fourth-order valence-corrected chi connectivity index (χ4v) is 5.19. The van der Waals surface area contributed by atoms with Crippen LogP contribution in [0.2, 0.25) is 0 Å². The summed E-state index contributed by atoms with van der Waals surface area (Å²) in [5.41, 5.74) is 0.592. The number of urea groups is 1. The molecule has 2 aromatic rings. The van der Waals surface area contributed by atoms with Crippen molar-refractivity contribution in [3.63, 3.8) is 0 Å². The molecule has 166 valence electrons. The second kappa shape index (κ2) is 9.09. The number of hydrogen-bond donors (Lipinski definition) is 3. The molecule has 0 saturated carbocycles. The predicted molar refractivity (Wildman–Crippen MR) is 119 cm³/mol. The zero-order valence-electron chi connectivity index (χ0n) is 18.0. The highest BCUT2D eigenvalue weighted by Crippen LogP contribution is 2.34. The molecule has 0 aliphatic carbocycles. The average Bonchev–Trinajstić information content (AvgIpc) is 3.02. The molecule has 1 aromatic heterocycles. The molecule has 0 radical (unpaired) electrons. The first-order valence-electron chi connectivity index (χ1n) is 9.54. The molecule has 7 nitrogen and oxygen atoms in total. The summed E-state index contributed by atoms with van der Waals surface area (Å²) in [5.74, 6) is -0.653. The summed E-state index contributed by atoms with van der Waals surface area (Å²) in [4.78, 5) is 17.2. The Balaban J connectivity index is 2.32. The molecular formula is C20H29FN4O3S2. The summed E-state index contributed by atoms with van der Waals surface area (Å²) in [7, 11) is -3.38. The molecule has 0 spiro atoms. The Morgan fingerprint density at radius 3 is 2.27 bits per heavy atom. The maximum Gasteiger partial charge on any atom is 0.354 e. The van der Waals surface area contributed by atoms with E-state index in [9.17, 15) is 18.5 Å². The van der Waals surface area contributed by atoms with Crippen LogP contribution in [0.1, 0.15) is 74.4 Å². The van der Waals surface area contributed by atoms with Gasteiger partial charge in [-0.25, -0.2) is 23.5 Å². The third kappa shape index (κ3) is 6.31. The van der Waals surface area contributed by atoms with Crippen molar-refractivity contribution in [3.8, 4) is 0 Å². The molecule has 1 heterocycles. The second-order valence-electron chi connectivity index (χ2n) is 8.31. The molecule has 0 aliphatic heterocycles. The van der Waals surface area contributed by atoms with Gasteiger partial charge in [0.2, 0.25) is 0 Å². The highest BCUT2D eigenvalue weighted by Gasteiger charge is 2.22. The van der Waals surface area contributed by atoms with Crippen LogP contribution >= 0.6 is 11.3 Å². The lowest BCUT2D eigenvalue weighted by molar-refractivity contribution is 0.0783. The van der Waals surface area contributed by atoms with Crippen molar-refractivity contribution in [2.75, 3.05) is 5.32 Å². The fourth-order valence-electron chi connectivity index (χ4n) is 2.87. The Bertz CT molecular complexity index is 1020. The molecule has 10 heteroatoms. The molecule has 2 amide bonds. The minimum atomic E-state index is -3.38. The van der Waals surface area contributed by atoms with E-state index in [1.54, 1.807) is 13.8 Å². The van der Waals surface area contributed by atoms with E-state index < -0.39 is 21.5 Å². The van der Waals surface area contributed by atoms with Crippen molar-refractivity contribution in [1.29, 1.82) is 0 Å². The van der Waals surface area contributed by atoms with Crippen LogP contribution in [-0.2, 0) is 21.3 Å². The zero-order chi connectivity index (χ0) is 22.9. The largest absolute Gasteiger partial charge is 0.383 e. The summed E-state index contributed by atoms with van der Waals surface area (Å²) >= 11 is 1.16. The molecule has 0 fully saturated rings. The molecule has 4 N–H and O–H groups in total. The Labute approximate surface area is 181 Å². The Morgan fingerprint density at radius 1 is 1.30 bits per heavy atom. The fraction of sp³-hybridized carbons (Fsp3) is 0.500. The van der Waals surface area contributed by atoms with E-state index in [2.05, 4.69) is 14.7 Å². The second-order valence-corrected chi connectivity index (χ2v) is 11.3. The number of nitrogens with zero attached hydrogens (tertiary/aromatic N) is 2. The summed E-state index contributed by atoms with van der Waals surface area (Å²) in [5, 5.41) is 18.9. The number of nitrogens with two attached hydrogens (primary N) is 1.